The molecule has 1 N–H and O–H groups in total. The molecule has 0 aliphatic heterocycles. The Morgan fingerprint density at radius 3 is 2.45 bits per heavy atom. The van der Waals surface area contributed by atoms with Crippen molar-refractivity contribution >= 4 is 6.09 Å². The number of hydrogen-bond donors (Lipinski definition) is 1. The van der Waals surface area contributed by atoms with Crippen LogP contribution in [-0.4, -0.2) is 31.5 Å². The molecule has 0 heterocycles. The Kier molecular flexibility index (Phi) is 6.80. The molecule has 0 aromatic carbocycles. The van der Waals surface area contributed by atoms with Crippen LogP contribution < -0.4 is 5.32 Å². The predicted octanol–water partition coefficient (Wildman–Crippen LogP) is 3.89. The second-order valence-corrected chi connectivity index (χ2v) is 6.97. The third kappa shape index (κ3) is 6.60. The molecule has 0 saturated heterocycles. The van der Waals surface area contributed by atoms with Crippen molar-refractivity contribution in [2.75, 3.05) is 19.8 Å². The Hall–Kier alpha value is -0.770. The summed E-state index contributed by atoms with van der Waals surface area (Å²) in [6.45, 7) is 10.0. The van der Waals surface area contributed by atoms with Crippen molar-refractivity contribution in [3.63, 3.8) is 0 Å². The third-order valence-corrected chi connectivity index (χ3v) is 3.72. The average molecular weight is 285 g/mol. The summed E-state index contributed by atoms with van der Waals surface area (Å²) in [4.78, 5) is 11.8. The van der Waals surface area contributed by atoms with E-state index in [0.717, 1.165) is 38.9 Å². The molecule has 1 rings (SSSR count). The van der Waals surface area contributed by atoms with Gasteiger partial charge in [-0.05, 0) is 40.0 Å². The van der Waals surface area contributed by atoms with Crippen molar-refractivity contribution in [2.45, 2.75) is 71.8 Å². The molecule has 0 atom stereocenters. The second kappa shape index (κ2) is 7.87. The molecule has 0 aromatic heterocycles. The standard InChI is InChI=1S/C16H31NO3/c1-5-6-11-19-13-16(9-7-8-10-16)12-17-14(18)20-15(2,3)4/h5-13H2,1-4H3,(H,17,18). The molecule has 0 unspecified atom stereocenters. The maximum atomic E-state index is 11.8. The number of ether oxygens (including phenoxy) is 2. The van der Waals surface area contributed by atoms with Crippen LogP contribution in [0.4, 0.5) is 4.79 Å². The average Bonchev–Trinajstić information content (AvgIpc) is 2.80. The Morgan fingerprint density at radius 2 is 1.90 bits per heavy atom. The molecule has 1 saturated carbocycles. The highest BCUT2D eigenvalue weighted by Gasteiger charge is 2.35. The molecule has 4 nitrogen and oxygen atoms in total. The van der Waals surface area contributed by atoms with Gasteiger partial charge in [-0.25, -0.2) is 4.79 Å². The largest absolute Gasteiger partial charge is 0.444 e. The lowest BCUT2D eigenvalue weighted by molar-refractivity contribution is 0.0319. The quantitative estimate of drug-likeness (QED) is 0.722. The first-order valence-corrected chi connectivity index (χ1v) is 7.91. The zero-order valence-corrected chi connectivity index (χ0v) is 13.6. The van der Waals surface area contributed by atoms with Crippen LogP contribution in [0.25, 0.3) is 0 Å². The van der Waals surface area contributed by atoms with Gasteiger partial charge in [0.25, 0.3) is 0 Å². The van der Waals surface area contributed by atoms with E-state index in [1.54, 1.807) is 0 Å². The minimum absolute atomic E-state index is 0.116. The highest BCUT2D eigenvalue weighted by molar-refractivity contribution is 5.67. The van der Waals surface area contributed by atoms with Crippen LogP contribution in [0.3, 0.4) is 0 Å². The SMILES string of the molecule is CCCCOCC1(CNC(=O)OC(C)(C)C)CCCC1. The van der Waals surface area contributed by atoms with Crippen LogP contribution in [0, 0.1) is 5.41 Å². The van der Waals surface area contributed by atoms with E-state index >= 15 is 0 Å². The van der Waals surface area contributed by atoms with Crippen LogP contribution in [-0.2, 0) is 9.47 Å². The molecule has 0 radical (unpaired) electrons. The molecule has 118 valence electrons. The van der Waals surface area contributed by atoms with Gasteiger partial charge in [-0.15, -0.1) is 0 Å². The van der Waals surface area contributed by atoms with E-state index in [2.05, 4.69) is 12.2 Å². The van der Waals surface area contributed by atoms with Crippen LogP contribution in [0.15, 0.2) is 0 Å². The van der Waals surface area contributed by atoms with Gasteiger partial charge in [0.1, 0.15) is 5.60 Å². The first-order valence-electron chi connectivity index (χ1n) is 7.91. The summed E-state index contributed by atoms with van der Waals surface area (Å²) in [5, 5.41) is 2.92. The lowest BCUT2D eigenvalue weighted by Crippen LogP contribution is -2.41. The van der Waals surface area contributed by atoms with Crippen LogP contribution >= 0.6 is 0 Å². The Morgan fingerprint density at radius 1 is 1.25 bits per heavy atom. The summed E-state index contributed by atoms with van der Waals surface area (Å²) in [5.74, 6) is 0. The number of unbranched alkanes of at least 4 members (excludes halogenated alkanes) is 1. The summed E-state index contributed by atoms with van der Waals surface area (Å²) < 4.78 is 11.1. The number of rotatable bonds is 7. The van der Waals surface area contributed by atoms with Crippen molar-refractivity contribution in [1.29, 1.82) is 0 Å². The van der Waals surface area contributed by atoms with Gasteiger partial charge >= 0.3 is 6.09 Å². The highest BCUT2D eigenvalue weighted by atomic mass is 16.6. The number of carbonyl (C=O) groups excluding carboxylic acids is 1. The fourth-order valence-corrected chi connectivity index (χ4v) is 2.61. The van der Waals surface area contributed by atoms with Crippen molar-refractivity contribution in [3.8, 4) is 0 Å². The fourth-order valence-electron chi connectivity index (χ4n) is 2.61. The molecule has 0 bridgehead atoms. The summed E-state index contributed by atoms with van der Waals surface area (Å²) >= 11 is 0. The van der Waals surface area contributed by atoms with Crippen molar-refractivity contribution < 1.29 is 14.3 Å². The first-order chi connectivity index (χ1) is 9.37. The van der Waals surface area contributed by atoms with Gasteiger partial charge in [-0.2, -0.15) is 0 Å². The van der Waals surface area contributed by atoms with E-state index < -0.39 is 5.60 Å². The van der Waals surface area contributed by atoms with E-state index in [1.165, 1.54) is 12.8 Å². The lowest BCUT2D eigenvalue weighted by Gasteiger charge is -2.29. The lowest BCUT2D eigenvalue weighted by atomic mass is 9.87. The molecule has 0 aromatic rings. The van der Waals surface area contributed by atoms with E-state index in [4.69, 9.17) is 9.47 Å². The van der Waals surface area contributed by atoms with Crippen LogP contribution in [0.5, 0.6) is 0 Å². The Labute approximate surface area is 123 Å². The predicted molar refractivity (Wildman–Crippen MR) is 80.9 cm³/mol. The van der Waals surface area contributed by atoms with Gasteiger partial charge in [0.05, 0.1) is 6.61 Å². The minimum Gasteiger partial charge on any atom is -0.444 e. The first kappa shape index (κ1) is 17.3. The summed E-state index contributed by atoms with van der Waals surface area (Å²) in [5.41, 5.74) is -0.324. The number of alkyl carbamates (subject to hydrolysis) is 1. The molecular weight excluding hydrogens is 254 g/mol. The van der Waals surface area contributed by atoms with E-state index in [9.17, 15) is 4.79 Å². The summed E-state index contributed by atoms with van der Waals surface area (Å²) in [6.07, 6.45) is 6.67. The Bertz CT molecular complexity index is 291. The van der Waals surface area contributed by atoms with E-state index in [1.807, 2.05) is 20.8 Å². The van der Waals surface area contributed by atoms with Gasteiger partial charge in [0, 0.05) is 18.6 Å². The molecular formula is C16H31NO3. The minimum atomic E-state index is -0.440. The monoisotopic (exact) mass is 285 g/mol. The molecule has 0 spiro atoms. The molecule has 1 amide bonds. The number of nitrogens with one attached hydrogen (secondary N) is 1. The molecule has 1 aliphatic carbocycles. The normalized spacial score (nSPS) is 18.0. The van der Waals surface area contributed by atoms with Gasteiger partial charge in [-0.3, -0.25) is 0 Å². The molecule has 20 heavy (non-hydrogen) atoms. The van der Waals surface area contributed by atoms with Crippen molar-refractivity contribution in [3.05, 3.63) is 0 Å². The van der Waals surface area contributed by atoms with Crippen molar-refractivity contribution in [1.82, 2.24) is 5.32 Å². The summed E-state index contributed by atoms with van der Waals surface area (Å²) in [7, 11) is 0. The zero-order chi connectivity index (χ0) is 15.1. The van der Waals surface area contributed by atoms with E-state index in [-0.39, 0.29) is 11.5 Å². The van der Waals surface area contributed by atoms with Crippen molar-refractivity contribution in [2.24, 2.45) is 5.41 Å². The highest BCUT2D eigenvalue weighted by Crippen LogP contribution is 2.37. The smallest absolute Gasteiger partial charge is 0.407 e. The van der Waals surface area contributed by atoms with Crippen LogP contribution in [0.2, 0.25) is 0 Å². The maximum absolute atomic E-state index is 11.8. The number of carbonyl (C=O) groups is 1. The van der Waals surface area contributed by atoms with Crippen LogP contribution in [0.1, 0.15) is 66.2 Å². The maximum Gasteiger partial charge on any atom is 0.407 e. The van der Waals surface area contributed by atoms with E-state index in [0.29, 0.717) is 6.54 Å². The third-order valence-electron chi connectivity index (χ3n) is 3.72. The van der Waals surface area contributed by atoms with Gasteiger partial charge < -0.3 is 14.8 Å². The molecule has 1 fully saturated rings. The molecule has 1 aliphatic rings. The van der Waals surface area contributed by atoms with Gasteiger partial charge in [0.15, 0.2) is 0 Å². The zero-order valence-electron chi connectivity index (χ0n) is 13.6. The molecule has 4 heteroatoms. The summed E-state index contributed by atoms with van der Waals surface area (Å²) in [6, 6.07) is 0. The Balaban J connectivity index is 2.36. The topological polar surface area (TPSA) is 47.6 Å². The van der Waals surface area contributed by atoms with Gasteiger partial charge in [-0.1, -0.05) is 26.2 Å². The second-order valence-electron chi connectivity index (χ2n) is 6.97. The fraction of sp³-hybridized carbons (Fsp3) is 0.938. The number of amides is 1. The van der Waals surface area contributed by atoms with Gasteiger partial charge in [0.2, 0.25) is 0 Å². The number of hydrogen-bond acceptors (Lipinski definition) is 3.